The number of fused-ring (bicyclic) bond motifs is 1. The number of carbonyl (C=O) groups is 1. The summed E-state index contributed by atoms with van der Waals surface area (Å²) in [5.74, 6) is -0.360. The van der Waals surface area contributed by atoms with Crippen LogP contribution in [0.4, 0.5) is 10.8 Å². The summed E-state index contributed by atoms with van der Waals surface area (Å²) in [4.78, 5) is 31.6. The van der Waals surface area contributed by atoms with Crippen molar-refractivity contribution in [2.75, 3.05) is 5.32 Å². The van der Waals surface area contributed by atoms with Gasteiger partial charge in [0.25, 0.3) is 11.6 Å². The van der Waals surface area contributed by atoms with E-state index in [2.05, 4.69) is 15.3 Å². The number of carbonyl (C=O) groups excluding carboxylic acids is 1. The van der Waals surface area contributed by atoms with Gasteiger partial charge in [-0.25, -0.2) is 9.97 Å². The van der Waals surface area contributed by atoms with Crippen LogP contribution < -0.4 is 5.32 Å². The fourth-order valence-corrected chi connectivity index (χ4v) is 3.31. The Bertz CT molecular complexity index is 1170. The van der Waals surface area contributed by atoms with Gasteiger partial charge in [0.1, 0.15) is 5.69 Å². The number of hydrogen-bond acceptors (Lipinski definition) is 6. The highest BCUT2D eigenvalue weighted by Crippen LogP contribution is 2.27. The van der Waals surface area contributed by atoms with E-state index in [1.807, 2.05) is 30.3 Å². The Morgan fingerprint density at radius 1 is 1.04 bits per heavy atom. The van der Waals surface area contributed by atoms with Crippen molar-refractivity contribution in [1.29, 1.82) is 0 Å². The van der Waals surface area contributed by atoms with E-state index in [1.165, 1.54) is 23.5 Å². The number of thiazole rings is 1. The molecule has 2 heterocycles. The molecular weight excluding hydrogens is 364 g/mol. The number of amides is 1. The minimum absolute atomic E-state index is 0.00792. The van der Waals surface area contributed by atoms with Gasteiger partial charge in [-0.15, -0.1) is 11.3 Å². The van der Waals surface area contributed by atoms with Gasteiger partial charge in [0.2, 0.25) is 0 Å². The molecule has 0 spiro atoms. The van der Waals surface area contributed by atoms with Crippen molar-refractivity contribution in [3.8, 4) is 11.3 Å². The summed E-state index contributed by atoms with van der Waals surface area (Å²) in [7, 11) is 0. The van der Waals surface area contributed by atoms with Crippen LogP contribution >= 0.6 is 11.3 Å². The van der Waals surface area contributed by atoms with Crippen LogP contribution in [0.3, 0.4) is 0 Å². The predicted octanol–water partition coefficient (Wildman–Crippen LogP) is 4.52. The molecule has 27 heavy (non-hydrogen) atoms. The van der Waals surface area contributed by atoms with Crippen molar-refractivity contribution < 1.29 is 9.72 Å². The van der Waals surface area contributed by atoms with Gasteiger partial charge in [0.05, 0.1) is 16.1 Å². The third-order valence-electron chi connectivity index (χ3n) is 3.91. The highest BCUT2D eigenvalue weighted by molar-refractivity contribution is 7.14. The molecule has 1 N–H and O–H groups in total. The van der Waals surface area contributed by atoms with E-state index in [0.717, 1.165) is 10.9 Å². The topological polar surface area (TPSA) is 98.0 Å². The first kappa shape index (κ1) is 16.8. The molecule has 1 amide bonds. The van der Waals surface area contributed by atoms with Gasteiger partial charge in [-0.05, 0) is 12.1 Å². The zero-order valence-corrected chi connectivity index (χ0v) is 14.6. The molecule has 8 heteroatoms. The highest BCUT2D eigenvalue weighted by Gasteiger charge is 2.13. The number of anilines is 1. The van der Waals surface area contributed by atoms with E-state index in [1.54, 1.807) is 23.6 Å². The largest absolute Gasteiger partial charge is 0.296 e. The second kappa shape index (κ2) is 6.93. The van der Waals surface area contributed by atoms with Gasteiger partial charge < -0.3 is 0 Å². The zero-order chi connectivity index (χ0) is 18.8. The number of nitro groups is 1. The van der Waals surface area contributed by atoms with Crippen LogP contribution in [-0.2, 0) is 0 Å². The summed E-state index contributed by atoms with van der Waals surface area (Å²) in [6, 6.07) is 17.3. The number of hydrogen-bond donors (Lipinski definition) is 1. The molecule has 4 rings (SSSR count). The van der Waals surface area contributed by atoms with Crippen molar-refractivity contribution >= 4 is 39.0 Å². The molecule has 2 aromatic heterocycles. The van der Waals surface area contributed by atoms with Crippen LogP contribution in [0.2, 0.25) is 0 Å². The fraction of sp³-hybridized carbons (Fsp3) is 0. The van der Waals surface area contributed by atoms with Gasteiger partial charge in [-0.2, -0.15) is 0 Å². The van der Waals surface area contributed by atoms with E-state index in [4.69, 9.17) is 0 Å². The molecule has 0 unspecified atom stereocenters. The minimum atomic E-state index is -0.454. The summed E-state index contributed by atoms with van der Waals surface area (Å²) < 4.78 is 0. The van der Waals surface area contributed by atoms with Gasteiger partial charge in [-0.3, -0.25) is 20.2 Å². The average molecular weight is 376 g/mol. The minimum Gasteiger partial charge on any atom is -0.296 e. The first-order valence-electron chi connectivity index (χ1n) is 7.98. The number of non-ortho nitro benzene ring substituents is 1. The second-order valence-corrected chi connectivity index (χ2v) is 6.55. The van der Waals surface area contributed by atoms with Crippen molar-refractivity contribution in [3.05, 3.63) is 81.9 Å². The Labute approximate surface area is 157 Å². The normalized spacial score (nSPS) is 10.7. The van der Waals surface area contributed by atoms with Crippen LogP contribution in [0.1, 0.15) is 10.5 Å². The number of aromatic nitrogens is 2. The van der Waals surface area contributed by atoms with Crippen LogP contribution in [-0.4, -0.2) is 20.8 Å². The molecule has 0 bridgehead atoms. The van der Waals surface area contributed by atoms with Crippen molar-refractivity contribution in [1.82, 2.24) is 9.97 Å². The van der Waals surface area contributed by atoms with E-state index >= 15 is 0 Å². The SMILES string of the molecule is O=C(Nc1nc(-c2cccc([N+](=O)[O-])c2)cs1)c1ccc2ccccc2n1. The third kappa shape index (κ3) is 3.51. The molecule has 0 aliphatic carbocycles. The first-order valence-corrected chi connectivity index (χ1v) is 8.85. The highest BCUT2D eigenvalue weighted by atomic mass is 32.1. The van der Waals surface area contributed by atoms with E-state index in [-0.39, 0.29) is 11.6 Å². The summed E-state index contributed by atoms with van der Waals surface area (Å²) in [6.45, 7) is 0. The van der Waals surface area contributed by atoms with Gasteiger partial charge in [0, 0.05) is 28.5 Å². The lowest BCUT2D eigenvalue weighted by Gasteiger charge is -2.03. The Hall–Kier alpha value is -3.65. The maximum absolute atomic E-state index is 12.5. The Kier molecular flexibility index (Phi) is 4.31. The molecule has 7 nitrogen and oxygen atoms in total. The molecule has 0 aliphatic rings. The number of rotatable bonds is 4. The van der Waals surface area contributed by atoms with Gasteiger partial charge in [0.15, 0.2) is 5.13 Å². The lowest BCUT2D eigenvalue weighted by Crippen LogP contribution is -2.13. The molecule has 0 saturated heterocycles. The number of nitrogens with zero attached hydrogens (tertiary/aromatic N) is 3. The molecule has 4 aromatic rings. The molecule has 0 fully saturated rings. The Morgan fingerprint density at radius 3 is 2.74 bits per heavy atom. The van der Waals surface area contributed by atoms with E-state index in [9.17, 15) is 14.9 Å². The van der Waals surface area contributed by atoms with Gasteiger partial charge >= 0.3 is 0 Å². The number of nitro benzene ring substituents is 1. The molecular formula is C19H12N4O3S. The lowest BCUT2D eigenvalue weighted by atomic mass is 10.1. The second-order valence-electron chi connectivity index (χ2n) is 5.69. The summed E-state index contributed by atoms with van der Waals surface area (Å²) in [6.07, 6.45) is 0. The monoisotopic (exact) mass is 376 g/mol. The average Bonchev–Trinajstić information content (AvgIpc) is 3.16. The van der Waals surface area contributed by atoms with Crippen molar-refractivity contribution in [2.24, 2.45) is 0 Å². The molecule has 0 radical (unpaired) electrons. The number of nitrogens with one attached hydrogen (secondary N) is 1. The Morgan fingerprint density at radius 2 is 1.89 bits per heavy atom. The van der Waals surface area contributed by atoms with Crippen LogP contribution in [0.25, 0.3) is 22.2 Å². The number of benzene rings is 2. The molecule has 0 aliphatic heterocycles. The third-order valence-corrected chi connectivity index (χ3v) is 4.67. The summed E-state index contributed by atoms with van der Waals surface area (Å²) >= 11 is 1.24. The smallest absolute Gasteiger partial charge is 0.276 e. The molecule has 0 saturated carbocycles. The molecule has 2 aromatic carbocycles. The molecule has 132 valence electrons. The van der Waals surface area contributed by atoms with E-state index < -0.39 is 4.92 Å². The number of pyridine rings is 1. The maximum atomic E-state index is 12.5. The summed E-state index contributed by atoms with van der Waals surface area (Å²) in [5, 5.41) is 16.7. The van der Waals surface area contributed by atoms with Gasteiger partial charge in [-0.1, -0.05) is 36.4 Å². The number of para-hydroxylation sites is 1. The van der Waals surface area contributed by atoms with Crippen LogP contribution in [0.5, 0.6) is 0 Å². The Balaban J connectivity index is 1.55. The predicted molar refractivity (Wildman–Crippen MR) is 104 cm³/mol. The maximum Gasteiger partial charge on any atom is 0.276 e. The zero-order valence-electron chi connectivity index (χ0n) is 13.8. The van der Waals surface area contributed by atoms with Crippen LogP contribution in [0.15, 0.2) is 66.0 Å². The van der Waals surface area contributed by atoms with Crippen molar-refractivity contribution in [3.63, 3.8) is 0 Å². The quantitative estimate of drug-likeness (QED) is 0.417. The molecule has 0 atom stereocenters. The first-order chi connectivity index (χ1) is 13.1. The van der Waals surface area contributed by atoms with E-state index in [0.29, 0.717) is 22.1 Å². The van der Waals surface area contributed by atoms with Crippen LogP contribution in [0, 0.1) is 10.1 Å². The standard InChI is InChI=1S/C19H12N4O3S/c24-18(16-9-8-12-4-1-2-7-15(12)20-16)22-19-21-17(11-27-19)13-5-3-6-14(10-13)23(25)26/h1-11H,(H,21,22,24). The van der Waals surface area contributed by atoms with Crippen molar-refractivity contribution in [2.45, 2.75) is 0 Å². The fourth-order valence-electron chi connectivity index (χ4n) is 2.60. The lowest BCUT2D eigenvalue weighted by molar-refractivity contribution is -0.384. The summed E-state index contributed by atoms with van der Waals surface area (Å²) in [5.41, 5.74) is 2.20.